The molecule has 2 aromatic rings. The Kier molecular flexibility index (Phi) is 2.96. The minimum Gasteiger partial charge on any atom is -0.457 e. The van der Waals surface area contributed by atoms with Crippen molar-refractivity contribution in [3.05, 3.63) is 34.5 Å². The Labute approximate surface area is 106 Å². The molecule has 0 aliphatic heterocycles. The Balaban J connectivity index is 2.56. The number of fused-ring (bicyclic) bond motifs is 1. The quantitative estimate of drug-likeness (QED) is 0.812. The highest BCUT2D eigenvalue weighted by Crippen LogP contribution is 2.37. The van der Waals surface area contributed by atoms with E-state index in [-0.39, 0.29) is 5.41 Å². The fourth-order valence-corrected chi connectivity index (χ4v) is 2.15. The zero-order chi connectivity index (χ0) is 12.8. The topological polar surface area (TPSA) is 33.4 Å². The summed E-state index contributed by atoms with van der Waals surface area (Å²) < 4.78 is 5.66. The lowest BCUT2D eigenvalue weighted by molar-refractivity contribution is 0.0448. The van der Waals surface area contributed by atoms with Gasteiger partial charge in [0, 0.05) is 5.39 Å². The summed E-state index contributed by atoms with van der Waals surface area (Å²) in [5, 5.41) is 11.7. The monoisotopic (exact) mass is 252 g/mol. The zero-order valence-electron chi connectivity index (χ0n) is 10.5. The van der Waals surface area contributed by atoms with E-state index in [1.165, 1.54) is 0 Å². The lowest BCUT2D eigenvalue weighted by Crippen LogP contribution is -2.16. The standard InChI is InChI=1S/C14H17ClO2/c1-8-5-9-7-11(13(16)14(2,3)4)17-12(9)10(15)6-8/h5-7,13,16H,1-4H3. The average Bonchev–Trinajstić information content (AvgIpc) is 2.58. The largest absolute Gasteiger partial charge is 0.457 e. The molecule has 2 rings (SSSR count). The lowest BCUT2D eigenvalue weighted by atomic mass is 9.88. The van der Waals surface area contributed by atoms with E-state index in [2.05, 4.69) is 0 Å². The number of rotatable bonds is 1. The number of aryl methyl sites for hydroxylation is 1. The first-order chi connectivity index (χ1) is 7.79. The Bertz CT molecular complexity index is 549. The van der Waals surface area contributed by atoms with E-state index >= 15 is 0 Å². The molecule has 0 spiro atoms. The Morgan fingerprint density at radius 2 is 1.88 bits per heavy atom. The SMILES string of the molecule is Cc1cc(Cl)c2oc(C(O)C(C)(C)C)cc2c1. The molecule has 3 heteroatoms. The second-order valence-corrected chi connectivity index (χ2v) is 5.99. The number of hydrogen-bond acceptors (Lipinski definition) is 2. The van der Waals surface area contributed by atoms with E-state index in [9.17, 15) is 5.11 Å². The highest BCUT2D eigenvalue weighted by molar-refractivity contribution is 6.34. The summed E-state index contributed by atoms with van der Waals surface area (Å²) in [7, 11) is 0. The van der Waals surface area contributed by atoms with Crippen LogP contribution in [0.1, 0.15) is 38.2 Å². The molecule has 0 bridgehead atoms. The molecule has 1 heterocycles. The Morgan fingerprint density at radius 3 is 2.47 bits per heavy atom. The van der Waals surface area contributed by atoms with Crippen LogP contribution >= 0.6 is 11.6 Å². The van der Waals surface area contributed by atoms with Crippen molar-refractivity contribution in [3.8, 4) is 0 Å². The van der Waals surface area contributed by atoms with Crippen molar-refractivity contribution in [2.24, 2.45) is 5.41 Å². The molecule has 1 aromatic heterocycles. The maximum Gasteiger partial charge on any atom is 0.153 e. The summed E-state index contributed by atoms with van der Waals surface area (Å²) >= 11 is 6.12. The molecular formula is C14H17ClO2. The van der Waals surface area contributed by atoms with Crippen LogP contribution < -0.4 is 0 Å². The molecule has 2 nitrogen and oxygen atoms in total. The summed E-state index contributed by atoms with van der Waals surface area (Å²) in [6.07, 6.45) is -0.633. The van der Waals surface area contributed by atoms with Gasteiger partial charge in [-0.3, -0.25) is 0 Å². The number of halogens is 1. The molecule has 17 heavy (non-hydrogen) atoms. The van der Waals surface area contributed by atoms with E-state index in [4.69, 9.17) is 16.0 Å². The first-order valence-corrected chi connectivity index (χ1v) is 6.04. The van der Waals surface area contributed by atoms with Crippen LogP contribution in [-0.2, 0) is 0 Å². The first-order valence-electron chi connectivity index (χ1n) is 5.66. The second kappa shape index (κ2) is 4.04. The third kappa shape index (κ3) is 2.33. The predicted molar refractivity (Wildman–Crippen MR) is 70.4 cm³/mol. The average molecular weight is 253 g/mol. The molecule has 1 N–H and O–H groups in total. The third-order valence-electron chi connectivity index (χ3n) is 2.82. The van der Waals surface area contributed by atoms with E-state index in [1.807, 2.05) is 45.9 Å². The van der Waals surface area contributed by atoms with Gasteiger partial charge >= 0.3 is 0 Å². The van der Waals surface area contributed by atoms with E-state index in [0.717, 1.165) is 10.9 Å². The molecular weight excluding hydrogens is 236 g/mol. The van der Waals surface area contributed by atoms with Crippen LogP contribution in [0.3, 0.4) is 0 Å². The van der Waals surface area contributed by atoms with Crippen LogP contribution in [0.15, 0.2) is 22.6 Å². The van der Waals surface area contributed by atoms with Gasteiger partial charge < -0.3 is 9.52 Å². The molecule has 0 amide bonds. The third-order valence-corrected chi connectivity index (χ3v) is 3.10. The van der Waals surface area contributed by atoms with Gasteiger partial charge in [0.1, 0.15) is 11.9 Å². The van der Waals surface area contributed by atoms with Crippen LogP contribution in [0.4, 0.5) is 0 Å². The molecule has 0 saturated carbocycles. The molecule has 0 aliphatic carbocycles. The Hall–Kier alpha value is -0.990. The zero-order valence-corrected chi connectivity index (χ0v) is 11.3. The smallest absolute Gasteiger partial charge is 0.153 e. The van der Waals surface area contributed by atoms with Crippen molar-refractivity contribution in [2.75, 3.05) is 0 Å². The van der Waals surface area contributed by atoms with Gasteiger partial charge in [-0.2, -0.15) is 0 Å². The predicted octanol–water partition coefficient (Wildman–Crippen LogP) is 4.47. The van der Waals surface area contributed by atoms with E-state index in [1.54, 1.807) is 0 Å². The van der Waals surface area contributed by atoms with Crippen LogP contribution in [0.2, 0.25) is 5.02 Å². The van der Waals surface area contributed by atoms with Gasteiger partial charge in [-0.05, 0) is 36.1 Å². The molecule has 0 saturated heterocycles. The molecule has 0 aliphatic rings. The van der Waals surface area contributed by atoms with Crippen molar-refractivity contribution in [2.45, 2.75) is 33.8 Å². The lowest BCUT2D eigenvalue weighted by Gasteiger charge is -2.23. The molecule has 1 aromatic carbocycles. The van der Waals surface area contributed by atoms with Gasteiger partial charge in [-0.1, -0.05) is 32.4 Å². The number of aliphatic hydroxyl groups excluding tert-OH is 1. The highest BCUT2D eigenvalue weighted by Gasteiger charge is 2.27. The van der Waals surface area contributed by atoms with Gasteiger partial charge in [-0.25, -0.2) is 0 Å². The van der Waals surface area contributed by atoms with Gasteiger partial charge in [0.2, 0.25) is 0 Å². The number of aliphatic hydroxyl groups is 1. The minimum absolute atomic E-state index is 0.255. The van der Waals surface area contributed by atoms with Crippen molar-refractivity contribution in [3.63, 3.8) is 0 Å². The first kappa shape index (κ1) is 12.5. The van der Waals surface area contributed by atoms with Crippen molar-refractivity contribution in [1.82, 2.24) is 0 Å². The van der Waals surface area contributed by atoms with Crippen LogP contribution in [0, 0.1) is 12.3 Å². The summed E-state index contributed by atoms with van der Waals surface area (Å²) in [4.78, 5) is 0. The molecule has 1 atom stereocenters. The Morgan fingerprint density at radius 1 is 1.24 bits per heavy atom. The highest BCUT2D eigenvalue weighted by atomic mass is 35.5. The summed E-state index contributed by atoms with van der Waals surface area (Å²) in [5.41, 5.74) is 1.48. The van der Waals surface area contributed by atoms with Crippen molar-refractivity contribution < 1.29 is 9.52 Å². The summed E-state index contributed by atoms with van der Waals surface area (Å²) in [5.74, 6) is 0.569. The minimum atomic E-state index is -0.633. The van der Waals surface area contributed by atoms with Gasteiger partial charge in [0.05, 0.1) is 5.02 Å². The van der Waals surface area contributed by atoms with E-state index < -0.39 is 6.10 Å². The van der Waals surface area contributed by atoms with Gasteiger partial charge in [0.15, 0.2) is 5.58 Å². The summed E-state index contributed by atoms with van der Waals surface area (Å²) in [6, 6.07) is 5.73. The molecule has 0 fully saturated rings. The maximum absolute atomic E-state index is 10.2. The second-order valence-electron chi connectivity index (χ2n) is 5.58. The maximum atomic E-state index is 10.2. The van der Waals surface area contributed by atoms with Crippen LogP contribution in [0.5, 0.6) is 0 Å². The molecule has 1 unspecified atom stereocenters. The van der Waals surface area contributed by atoms with Crippen LogP contribution in [0.25, 0.3) is 11.0 Å². The van der Waals surface area contributed by atoms with Crippen molar-refractivity contribution >= 4 is 22.6 Å². The molecule has 0 radical (unpaired) electrons. The normalized spacial score (nSPS) is 14.2. The van der Waals surface area contributed by atoms with Crippen LogP contribution in [-0.4, -0.2) is 5.11 Å². The number of benzene rings is 1. The molecule has 92 valence electrons. The van der Waals surface area contributed by atoms with E-state index in [0.29, 0.717) is 16.4 Å². The van der Waals surface area contributed by atoms with Crippen molar-refractivity contribution in [1.29, 1.82) is 0 Å². The number of hydrogen-bond donors (Lipinski definition) is 1. The fraction of sp³-hybridized carbons (Fsp3) is 0.429. The van der Waals surface area contributed by atoms with Gasteiger partial charge in [0.25, 0.3) is 0 Å². The van der Waals surface area contributed by atoms with Gasteiger partial charge in [-0.15, -0.1) is 0 Å². The summed E-state index contributed by atoms with van der Waals surface area (Å²) in [6.45, 7) is 7.89. The number of furan rings is 1. The fourth-order valence-electron chi connectivity index (χ4n) is 1.83.